The van der Waals surface area contributed by atoms with E-state index >= 15 is 0 Å². The maximum Gasteiger partial charge on any atom is 1.00 e. The molecule has 132 heavy (non-hydrogen) atoms. The molecular formula is C98H139Cl5N23NaO5. The van der Waals surface area contributed by atoms with Gasteiger partial charge in [-0.3, -0.25) is 0 Å². The number of hydrogen-bond donors (Lipinski definition) is 2. The Bertz CT molecular complexity index is 4620. The van der Waals surface area contributed by atoms with E-state index in [2.05, 4.69) is 120 Å². The van der Waals surface area contributed by atoms with Crippen LogP contribution in [0.25, 0.3) is 24.2 Å². The Balaban J connectivity index is 0.000000192. The van der Waals surface area contributed by atoms with Crippen molar-refractivity contribution in [3.8, 4) is 12.0 Å². The zero-order chi connectivity index (χ0) is 90.8. The number of nitrogens with one attached hydrogen (secondary N) is 1. The van der Waals surface area contributed by atoms with Gasteiger partial charge in [0.25, 0.3) is 0 Å². The molecule has 1 aromatic carbocycles. The first kappa shape index (κ1) is 108. The minimum absolute atomic E-state index is 0. The number of carbonyl (C=O) groups is 1. The second-order valence-corrected chi connectivity index (χ2v) is 38.0. The number of aliphatic hydroxyl groups is 1. The van der Waals surface area contributed by atoms with Gasteiger partial charge in [0.2, 0.25) is 48.6 Å². The van der Waals surface area contributed by atoms with E-state index in [1.165, 1.54) is 85.0 Å². The van der Waals surface area contributed by atoms with Gasteiger partial charge < -0.3 is 84.6 Å². The number of aromatic nitrogens is 10. The van der Waals surface area contributed by atoms with Crippen LogP contribution in [0.2, 0.25) is 21.0 Å². The summed E-state index contributed by atoms with van der Waals surface area (Å²) in [5.74, 6) is 6.72. The first-order chi connectivity index (χ1) is 62.9. The number of carbonyl (C=O) groups excluding carboxylic acids is 1. The van der Waals surface area contributed by atoms with Crippen LogP contribution < -0.4 is 63.9 Å². The largest absolute Gasteiger partial charge is 1.00 e. The second-order valence-electron chi connectivity index (χ2n) is 36.3. The molecule has 712 valence electrons. The van der Waals surface area contributed by atoms with Crippen molar-refractivity contribution in [3.05, 3.63) is 170 Å². The van der Waals surface area contributed by atoms with Gasteiger partial charge in [-0.05, 0) is 287 Å². The van der Waals surface area contributed by atoms with E-state index in [0.29, 0.717) is 128 Å². The number of likely N-dealkylation sites (N-methyl/N-ethyl adjacent to an activating group) is 3. The van der Waals surface area contributed by atoms with E-state index < -0.39 is 5.43 Å². The van der Waals surface area contributed by atoms with Gasteiger partial charge >= 0.3 is 47.0 Å². The first-order valence-electron chi connectivity index (χ1n) is 47.2. The fraction of sp³-hybridized carbons (Fsp3) is 0.673. The molecule has 8 saturated heterocycles. The van der Waals surface area contributed by atoms with Gasteiger partial charge in [-0.1, -0.05) is 56.8 Å². The van der Waals surface area contributed by atoms with Crippen molar-refractivity contribution < 1.29 is 55.1 Å². The molecule has 0 spiro atoms. The number of likely N-dealkylation sites (tertiary alicyclic amines) is 3. The summed E-state index contributed by atoms with van der Waals surface area (Å²) in [5.41, 5.74) is 12.1. The molecule has 8 aliphatic heterocycles. The smallest absolute Gasteiger partial charge is 1.00 e. The fourth-order valence-electron chi connectivity index (χ4n) is 20.1. The van der Waals surface area contributed by atoms with Crippen LogP contribution in [0.15, 0.2) is 30.3 Å². The molecule has 8 atom stereocenters. The molecule has 13 heterocycles. The standard InChI is InChI=1S/2C20H29N5O.2C14H17ClN4.C8H7ClO2.C7H6Cl2N2.C7H12N2.C6H13NO.2CH4.Na.H/c2*1-21-12-15-6-4-11-25(13-15)19-17-8-3-9-18(17)22-20(23-19)26-14-16-7-5-10-24(16)2;2*1-16-8-10-4-3-7-19(9-10)13-11-5-2-6-12(11)17-14(15)18-13;9-8(10)11-6-7-4-2-1-3-5-7;8-6-4-2-1-3-5(4)10-7(9)11-6;1-8-5-7-3-2-4-9-6-7;1-7-4-2-3-6(7)5-8;;;;/h2*15-16H,3-14H2,2H3;2*10H,2-9H2;1-5H,6H2;1-3H2;7,9H,2-6H2;6,8H,2-5H2,1H3;2*1H4;;/q;;;;;;;;;;+1;-1/t2*15-,16-;2*10-;;;7-;6-;;;;/m0000..00..../s1. The average Bonchev–Trinajstić information content (AvgIpc) is 1.70. The van der Waals surface area contributed by atoms with Crippen molar-refractivity contribution >= 4 is 86.7 Å². The van der Waals surface area contributed by atoms with E-state index in [1.54, 1.807) is 0 Å². The Kier molecular flexibility index (Phi) is 46.7. The van der Waals surface area contributed by atoms with Gasteiger partial charge in [-0.15, -0.1) is 0 Å². The van der Waals surface area contributed by atoms with Crippen LogP contribution in [-0.2, 0) is 75.6 Å². The quantitative estimate of drug-likeness (QED) is 0.0267. The molecule has 2 N–H and O–H groups in total. The number of fused-ring (bicyclic) bond motifs is 5. The summed E-state index contributed by atoms with van der Waals surface area (Å²) in [7, 11) is 6.40. The Morgan fingerprint density at radius 1 is 0.417 bits per heavy atom. The van der Waals surface area contributed by atoms with E-state index in [1.807, 2.05) is 30.3 Å². The molecule has 5 aromatic heterocycles. The Morgan fingerprint density at radius 2 is 0.742 bits per heavy atom. The minimum atomic E-state index is -0.770. The number of anilines is 4. The number of benzene rings is 1. The minimum Gasteiger partial charge on any atom is -1.00 e. The van der Waals surface area contributed by atoms with Gasteiger partial charge in [0.1, 0.15) is 48.2 Å². The van der Waals surface area contributed by atoms with Gasteiger partial charge in [0.05, 0.1) is 35.1 Å². The molecular weight excluding hydrogens is 1780 g/mol. The van der Waals surface area contributed by atoms with Crippen LogP contribution in [0.4, 0.5) is 28.1 Å². The number of hydrogen-bond acceptors (Lipinski definition) is 23. The van der Waals surface area contributed by atoms with Crippen molar-refractivity contribution in [1.29, 1.82) is 0 Å². The van der Waals surface area contributed by atoms with E-state index in [9.17, 15) is 4.79 Å². The number of nitrogens with zero attached hydrogens (tertiary/aromatic N) is 22. The summed E-state index contributed by atoms with van der Waals surface area (Å²) >= 11 is 28.5. The summed E-state index contributed by atoms with van der Waals surface area (Å²) in [6.07, 6.45) is 35.0. The third kappa shape index (κ3) is 32.4. The number of halogens is 5. The number of rotatable bonds is 18. The third-order valence-electron chi connectivity index (χ3n) is 27.1. The molecule has 0 amide bonds. The average molecular weight is 1920 g/mol. The number of piperidine rings is 5. The van der Waals surface area contributed by atoms with Crippen LogP contribution in [-0.4, -0.2) is 252 Å². The maximum absolute atomic E-state index is 10.2. The van der Waals surface area contributed by atoms with Crippen molar-refractivity contribution in [2.75, 3.05) is 178 Å². The fourth-order valence-corrected chi connectivity index (χ4v) is 21.0. The van der Waals surface area contributed by atoms with Gasteiger partial charge in [0.15, 0.2) is 0 Å². The van der Waals surface area contributed by atoms with Crippen molar-refractivity contribution in [2.45, 2.75) is 239 Å². The monoisotopic (exact) mass is 1920 g/mol. The SMILES string of the molecule is C.C.CN1CCC[C@H]1CO.Clc1nc(Cl)c2c(n1)CCC2.O=C(Cl)OCc1ccccc1.[C-]#[N+]C[C@@H]1CCCN(c2nc(Cl)nc3c2CCC3)C1.[C-]#[N+]C[C@@H]1CCCN(c2nc(Cl)nc3c2CCC3)C1.[C-]#[N+]C[C@@H]1CCCN(c2nc(OC[C@@H]3CCCN3C)nc3c2CCC3)C1.[C-]#[N+]C[C@@H]1CCCN(c2nc(OC[C@@H]3CCCN3C)nc3c2CCC3)C1.[C-]#[N+]C[C@@H]1CCCNC1.[H-].[Na+]. The molecule has 13 aliphatic rings. The summed E-state index contributed by atoms with van der Waals surface area (Å²) in [4.78, 5) is 88.9. The van der Waals surface area contributed by atoms with Crippen molar-refractivity contribution in [2.24, 2.45) is 29.6 Å². The molecule has 34 heteroatoms. The van der Waals surface area contributed by atoms with Crippen LogP contribution in [0.3, 0.4) is 0 Å². The molecule has 5 aliphatic carbocycles. The van der Waals surface area contributed by atoms with Gasteiger partial charge in [-0.2, -0.15) is 19.9 Å². The van der Waals surface area contributed by atoms with E-state index in [0.717, 1.165) is 284 Å². The molecule has 19 rings (SSSR count). The summed E-state index contributed by atoms with van der Waals surface area (Å²) in [6.45, 7) is 53.7. The summed E-state index contributed by atoms with van der Waals surface area (Å²) in [5, 5.41) is 13.5. The van der Waals surface area contributed by atoms with Crippen LogP contribution >= 0.6 is 58.0 Å². The number of aryl methyl sites for hydroxylation is 5. The van der Waals surface area contributed by atoms with Crippen molar-refractivity contribution in [3.63, 3.8) is 0 Å². The maximum atomic E-state index is 10.2. The van der Waals surface area contributed by atoms with Crippen LogP contribution in [0, 0.1) is 62.5 Å². The first-order valence-corrected chi connectivity index (χ1v) is 49.1. The molecule has 0 radical (unpaired) electrons. The molecule has 28 nitrogen and oxygen atoms in total. The predicted molar refractivity (Wildman–Crippen MR) is 525 cm³/mol. The Morgan fingerprint density at radius 3 is 1.08 bits per heavy atom. The molecule has 0 bridgehead atoms. The molecule has 0 saturated carbocycles. The van der Waals surface area contributed by atoms with Gasteiger partial charge in [-0.25, -0.2) is 67.6 Å². The van der Waals surface area contributed by atoms with Crippen molar-refractivity contribution in [1.82, 2.24) is 69.9 Å². The zero-order valence-electron chi connectivity index (χ0n) is 77.8. The van der Waals surface area contributed by atoms with E-state index in [4.69, 9.17) is 125 Å². The Labute approximate surface area is 834 Å². The molecule has 8 fully saturated rings. The van der Waals surface area contributed by atoms with E-state index in [-0.39, 0.29) is 57.7 Å². The number of ether oxygens (including phenoxy) is 3. The predicted octanol–water partition coefficient (Wildman–Crippen LogP) is 14.9. The van der Waals surface area contributed by atoms with Gasteiger partial charge in [0, 0.05) is 146 Å². The normalized spacial score (nSPS) is 22.4. The second kappa shape index (κ2) is 57.0. The number of aliphatic hydroxyl groups excluding tert-OH is 1. The topological polar surface area (TPSA) is 250 Å². The summed E-state index contributed by atoms with van der Waals surface area (Å²) < 4.78 is 16.7. The summed E-state index contributed by atoms with van der Waals surface area (Å²) in [6, 6.07) is 11.9. The molecule has 0 unspecified atom stereocenters. The third-order valence-corrected chi connectivity index (χ3v) is 28.0. The Hall–Kier alpha value is -7.41. The van der Waals surface area contributed by atoms with Crippen LogP contribution in [0.1, 0.15) is 213 Å². The molecule has 6 aromatic rings. The zero-order valence-corrected chi connectivity index (χ0v) is 82.6. The van der Waals surface area contributed by atoms with Crippen LogP contribution in [0.5, 0.6) is 12.0 Å².